The highest BCUT2D eigenvalue weighted by Crippen LogP contribution is 2.31. The number of hydrogen-bond donors (Lipinski definition) is 3. The summed E-state index contributed by atoms with van der Waals surface area (Å²) < 4.78 is 0. The van der Waals surface area contributed by atoms with E-state index in [0.29, 0.717) is 19.5 Å². The molecular formula is C17H28N4O4. The fourth-order valence-electron chi connectivity index (χ4n) is 3.60. The first-order chi connectivity index (χ1) is 11.8. The average Bonchev–Trinajstić information content (AvgIpc) is 2.57. The standard InChI is InChI=1S/C17H28N4O4/c1-3-6-17(2)8-13(22)18-9-14(23)19-10-15(24)20-12-5-4-7-21(11-12)16(17)25/h12H,3-11H2,1-2H3,(H,18,22)(H,19,23)(H,20,24). The van der Waals surface area contributed by atoms with Crippen LogP contribution in [0.4, 0.5) is 0 Å². The van der Waals surface area contributed by atoms with Gasteiger partial charge in [-0.3, -0.25) is 19.2 Å². The third-order valence-electron chi connectivity index (χ3n) is 4.83. The summed E-state index contributed by atoms with van der Waals surface area (Å²) in [5.74, 6) is -1.08. The summed E-state index contributed by atoms with van der Waals surface area (Å²) in [6.45, 7) is 4.55. The third kappa shape index (κ3) is 5.17. The van der Waals surface area contributed by atoms with E-state index in [2.05, 4.69) is 16.0 Å². The Labute approximate surface area is 148 Å². The second-order valence-corrected chi connectivity index (χ2v) is 7.20. The lowest BCUT2D eigenvalue weighted by atomic mass is 9.80. The van der Waals surface area contributed by atoms with Crippen molar-refractivity contribution in [3.05, 3.63) is 0 Å². The van der Waals surface area contributed by atoms with Gasteiger partial charge in [0, 0.05) is 25.6 Å². The number of carbonyl (C=O) groups is 4. The summed E-state index contributed by atoms with van der Waals surface area (Å²) in [4.78, 5) is 50.8. The van der Waals surface area contributed by atoms with Gasteiger partial charge in [0.25, 0.3) is 0 Å². The summed E-state index contributed by atoms with van der Waals surface area (Å²) in [6.07, 6.45) is 3.04. The highest BCUT2D eigenvalue weighted by atomic mass is 16.2. The van der Waals surface area contributed by atoms with Crippen LogP contribution in [0.15, 0.2) is 0 Å². The van der Waals surface area contributed by atoms with Crippen LogP contribution in [-0.4, -0.2) is 60.7 Å². The van der Waals surface area contributed by atoms with Crippen molar-refractivity contribution in [3.63, 3.8) is 0 Å². The Morgan fingerprint density at radius 1 is 1.08 bits per heavy atom. The molecule has 0 aliphatic carbocycles. The SMILES string of the molecule is CCCC1(C)CC(=O)NCC(=O)NCC(=O)NC2CCCN(C2)C1=O. The van der Waals surface area contributed by atoms with E-state index in [9.17, 15) is 19.2 Å². The third-order valence-corrected chi connectivity index (χ3v) is 4.83. The molecule has 0 spiro atoms. The molecule has 0 aromatic carbocycles. The van der Waals surface area contributed by atoms with E-state index in [-0.39, 0.29) is 43.3 Å². The fraction of sp³-hybridized carbons (Fsp3) is 0.765. The molecule has 2 aliphatic heterocycles. The maximum Gasteiger partial charge on any atom is 0.239 e. The molecule has 0 radical (unpaired) electrons. The molecule has 140 valence electrons. The van der Waals surface area contributed by atoms with Gasteiger partial charge in [-0.1, -0.05) is 20.3 Å². The van der Waals surface area contributed by atoms with Crippen LogP contribution in [0.3, 0.4) is 0 Å². The van der Waals surface area contributed by atoms with Crippen LogP contribution < -0.4 is 16.0 Å². The zero-order valence-corrected chi connectivity index (χ0v) is 15.0. The fourth-order valence-corrected chi connectivity index (χ4v) is 3.60. The molecule has 2 aliphatic rings. The van der Waals surface area contributed by atoms with Crippen molar-refractivity contribution >= 4 is 23.6 Å². The van der Waals surface area contributed by atoms with Gasteiger partial charge in [0.05, 0.1) is 18.5 Å². The van der Waals surface area contributed by atoms with Gasteiger partial charge < -0.3 is 20.9 Å². The zero-order valence-electron chi connectivity index (χ0n) is 15.0. The van der Waals surface area contributed by atoms with E-state index >= 15 is 0 Å². The highest BCUT2D eigenvalue weighted by molar-refractivity contribution is 5.91. The van der Waals surface area contributed by atoms with Gasteiger partial charge in [-0.2, -0.15) is 0 Å². The first-order valence-corrected chi connectivity index (χ1v) is 8.96. The molecule has 2 fully saturated rings. The van der Waals surface area contributed by atoms with Gasteiger partial charge in [-0.05, 0) is 19.3 Å². The molecule has 8 nitrogen and oxygen atoms in total. The Morgan fingerprint density at radius 3 is 2.48 bits per heavy atom. The summed E-state index contributed by atoms with van der Waals surface area (Å²) in [7, 11) is 0. The number of nitrogens with zero attached hydrogens (tertiary/aromatic N) is 1. The summed E-state index contributed by atoms with van der Waals surface area (Å²) in [6, 6.07) is -0.121. The number of rotatable bonds is 2. The molecule has 25 heavy (non-hydrogen) atoms. The smallest absolute Gasteiger partial charge is 0.239 e. The van der Waals surface area contributed by atoms with Gasteiger partial charge in [0.15, 0.2) is 0 Å². The lowest BCUT2D eigenvalue weighted by molar-refractivity contribution is -0.147. The van der Waals surface area contributed by atoms with Crippen LogP contribution in [0.2, 0.25) is 0 Å². The van der Waals surface area contributed by atoms with E-state index in [1.54, 1.807) is 4.90 Å². The lowest BCUT2D eigenvalue weighted by Gasteiger charge is -2.39. The molecule has 4 amide bonds. The minimum absolute atomic E-state index is 0.0510. The minimum atomic E-state index is -0.800. The van der Waals surface area contributed by atoms with Crippen LogP contribution in [0, 0.1) is 5.41 Å². The molecule has 0 aromatic rings. The van der Waals surface area contributed by atoms with E-state index in [4.69, 9.17) is 0 Å². The van der Waals surface area contributed by atoms with E-state index < -0.39 is 11.3 Å². The number of piperidine rings is 1. The molecule has 2 atom stereocenters. The van der Waals surface area contributed by atoms with Crippen molar-refractivity contribution in [2.45, 2.75) is 52.0 Å². The van der Waals surface area contributed by atoms with Crippen LogP contribution in [0.1, 0.15) is 46.0 Å². The summed E-state index contributed by atoms with van der Waals surface area (Å²) >= 11 is 0. The largest absolute Gasteiger partial charge is 0.350 e. The van der Waals surface area contributed by atoms with Crippen LogP contribution in [0.25, 0.3) is 0 Å². The van der Waals surface area contributed by atoms with Crippen LogP contribution in [0.5, 0.6) is 0 Å². The minimum Gasteiger partial charge on any atom is -0.350 e. The molecule has 2 bridgehead atoms. The van der Waals surface area contributed by atoms with E-state index in [1.165, 1.54) is 0 Å². The van der Waals surface area contributed by atoms with Crippen LogP contribution >= 0.6 is 0 Å². The van der Waals surface area contributed by atoms with Crippen molar-refractivity contribution in [2.75, 3.05) is 26.2 Å². The zero-order chi connectivity index (χ0) is 18.4. The van der Waals surface area contributed by atoms with Gasteiger partial charge in [0.2, 0.25) is 23.6 Å². The second kappa shape index (κ2) is 8.31. The Kier molecular flexibility index (Phi) is 6.39. The maximum absolute atomic E-state index is 13.1. The molecule has 2 heterocycles. The first-order valence-electron chi connectivity index (χ1n) is 8.96. The molecule has 2 saturated heterocycles. The predicted octanol–water partition coefficient (Wildman–Crippen LogP) is -0.464. The molecule has 2 unspecified atom stereocenters. The van der Waals surface area contributed by atoms with Gasteiger partial charge in [0.1, 0.15) is 0 Å². The summed E-state index contributed by atoms with van der Waals surface area (Å²) in [5, 5.41) is 7.90. The normalized spacial score (nSPS) is 29.4. The van der Waals surface area contributed by atoms with Crippen molar-refractivity contribution in [1.29, 1.82) is 0 Å². The highest BCUT2D eigenvalue weighted by Gasteiger charge is 2.39. The average molecular weight is 352 g/mol. The van der Waals surface area contributed by atoms with E-state index in [1.807, 2.05) is 13.8 Å². The number of nitrogens with one attached hydrogen (secondary N) is 3. The van der Waals surface area contributed by atoms with Crippen molar-refractivity contribution in [2.24, 2.45) is 5.41 Å². The van der Waals surface area contributed by atoms with Crippen LogP contribution in [-0.2, 0) is 19.2 Å². The molecule has 8 heteroatoms. The predicted molar refractivity (Wildman–Crippen MR) is 91.4 cm³/mol. The number of amides is 4. The monoisotopic (exact) mass is 352 g/mol. The number of hydrogen-bond acceptors (Lipinski definition) is 4. The quantitative estimate of drug-likeness (QED) is 0.625. The van der Waals surface area contributed by atoms with Crippen molar-refractivity contribution in [1.82, 2.24) is 20.9 Å². The second-order valence-electron chi connectivity index (χ2n) is 7.20. The van der Waals surface area contributed by atoms with Gasteiger partial charge in [-0.15, -0.1) is 0 Å². The van der Waals surface area contributed by atoms with Gasteiger partial charge in [-0.25, -0.2) is 0 Å². The van der Waals surface area contributed by atoms with Gasteiger partial charge >= 0.3 is 0 Å². The number of carbonyl (C=O) groups excluding carboxylic acids is 4. The molecule has 3 N–H and O–H groups in total. The molecular weight excluding hydrogens is 324 g/mol. The Morgan fingerprint density at radius 2 is 1.76 bits per heavy atom. The number of fused-ring (bicyclic) bond motifs is 2. The Balaban J connectivity index is 2.21. The lowest BCUT2D eigenvalue weighted by Crippen LogP contribution is -2.55. The van der Waals surface area contributed by atoms with Crippen molar-refractivity contribution in [3.8, 4) is 0 Å². The Bertz CT molecular complexity index is 551. The maximum atomic E-state index is 13.1. The molecule has 0 saturated carbocycles. The van der Waals surface area contributed by atoms with Crippen molar-refractivity contribution < 1.29 is 19.2 Å². The van der Waals surface area contributed by atoms with E-state index in [0.717, 1.165) is 19.3 Å². The molecule has 0 aromatic heterocycles. The topological polar surface area (TPSA) is 108 Å². The Hall–Kier alpha value is -2.12. The molecule has 2 rings (SSSR count). The first kappa shape index (κ1) is 19.2. The summed E-state index contributed by atoms with van der Waals surface area (Å²) in [5.41, 5.74) is -0.800.